The predicted octanol–water partition coefficient (Wildman–Crippen LogP) is 3.95. The van der Waals surface area contributed by atoms with E-state index in [0.29, 0.717) is 12.1 Å². The molecule has 4 aromatic rings. The predicted molar refractivity (Wildman–Crippen MR) is 102 cm³/mol. The monoisotopic (exact) mass is 339 g/mol. The minimum absolute atomic E-state index is 0.559. The van der Waals surface area contributed by atoms with Crippen molar-refractivity contribution in [1.29, 1.82) is 5.26 Å². The zero-order valence-electron chi connectivity index (χ0n) is 14.1. The number of hydrogen-bond donors (Lipinski definition) is 1. The minimum Gasteiger partial charge on any atom is -0.383 e. The molecule has 0 saturated carbocycles. The highest BCUT2D eigenvalue weighted by molar-refractivity contribution is 5.93. The van der Waals surface area contributed by atoms with Crippen LogP contribution in [0.2, 0.25) is 0 Å². The summed E-state index contributed by atoms with van der Waals surface area (Å²) in [6.07, 6.45) is 6.35. The van der Waals surface area contributed by atoms with Crippen LogP contribution < -0.4 is 5.32 Å². The summed E-state index contributed by atoms with van der Waals surface area (Å²) in [5, 5.41) is 18.2. The summed E-state index contributed by atoms with van der Waals surface area (Å²) in [5.74, 6) is 0. The van der Waals surface area contributed by atoms with Crippen LogP contribution in [0, 0.1) is 11.3 Å². The molecule has 0 unspecified atom stereocenters. The number of pyridine rings is 1. The Labute approximate surface area is 151 Å². The molecule has 0 amide bonds. The fraction of sp³-hybridized carbons (Fsp3) is 0.0952. The molecule has 4 rings (SSSR count). The maximum absolute atomic E-state index is 9.38. The average molecular weight is 339 g/mol. The average Bonchev–Trinajstić information content (AvgIpc) is 3.18. The van der Waals surface area contributed by atoms with Crippen LogP contribution in [-0.4, -0.2) is 21.3 Å². The summed E-state index contributed by atoms with van der Waals surface area (Å²) in [6.45, 7) is 0.711. The van der Waals surface area contributed by atoms with Gasteiger partial charge < -0.3 is 5.32 Å². The van der Waals surface area contributed by atoms with Gasteiger partial charge in [-0.1, -0.05) is 36.4 Å². The topological polar surface area (TPSA) is 66.5 Å². The van der Waals surface area contributed by atoms with Gasteiger partial charge in [-0.25, -0.2) is 4.68 Å². The molecular weight excluding hydrogens is 322 g/mol. The Morgan fingerprint density at radius 3 is 2.65 bits per heavy atom. The molecule has 0 aliphatic carbocycles. The van der Waals surface area contributed by atoms with Gasteiger partial charge in [0.2, 0.25) is 0 Å². The van der Waals surface area contributed by atoms with E-state index in [9.17, 15) is 5.26 Å². The Hall–Kier alpha value is -3.65. The van der Waals surface area contributed by atoms with E-state index >= 15 is 0 Å². The zero-order chi connectivity index (χ0) is 17.8. The molecule has 126 valence electrons. The van der Waals surface area contributed by atoms with Gasteiger partial charge in [0, 0.05) is 24.3 Å². The van der Waals surface area contributed by atoms with E-state index in [2.05, 4.69) is 21.5 Å². The first kappa shape index (κ1) is 15.9. The highest BCUT2D eigenvalue weighted by Crippen LogP contribution is 2.25. The number of benzene rings is 2. The first-order chi connectivity index (χ1) is 12.8. The van der Waals surface area contributed by atoms with Crippen LogP contribution in [0.3, 0.4) is 0 Å². The Morgan fingerprint density at radius 2 is 1.81 bits per heavy atom. The Morgan fingerprint density at radius 1 is 1.00 bits per heavy atom. The van der Waals surface area contributed by atoms with Gasteiger partial charge in [-0.3, -0.25) is 4.98 Å². The standard InChI is InChI=1S/C21H17N5/c22-12-17-14-24-20-9-5-4-8-19(20)21(17)23-11-10-16-13-25-26(15-16)18-6-2-1-3-7-18/h1-9,13-15H,10-11H2,(H,23,24). The Kier molecular flexibility index (Phi) is 4.31. The molecule has 5 heteroatoms. The van der Waals surface area contributed by atoms with Crippen molar-refractivity contribution in [2.24, 2.45) is 0 Å². The van der Waals surface area contributed by atoms with Gasteiger partial charge in [0.1, 0.15) is 6.07 Å². The van der Waals surface area contributed by atoms with Crippen LogP contribution in [0.25, 0.3) is 16.6 Å². The number of hydrogen-bond acceptors (Lipinski definition) is 4. The van der Waals surface area contributed by atoms with Crippen molar-refractivity contribution in [1.82, 2.24) is 14.8 Å². The van der Waals surface area contributed by atoms with Gasteiger partial charge in [-0.2, -0.15) is 10.4 Å². The second kappa shape index (κ2) is 7.08. The lowest BCUT2D eigenvalue weighted by Crippen LogP contribution is -2.07. The number of nitrogens with one attached hydrogen (secondary N) is 1. The smallest absolute Gasteiger partial charge is 0.103 e. The lowest BCUT2D eigenvalue weighted by molar-refractivity contribution is 0.879. The third-order valence-corrected chi connectivity index (χ3v) is 4.27. The fourth-order valence-electron chi connectivity index (χ4n) is 2.96. The maximum atomic E-state index is 9.38. The van der Waals surface area contributed by atoms with E-state index in [1.54, 1.807) is 6.20 Å². The van der Waals surface area contributed by atoms with E-state index in [4.69, 9.17) is 0 Å². The molecule has 0 radical (unpaired) electrons. The number of anilines is 1. The molecule has 0 aliphatic rings. The van der Waals surface area contributed by atoms with Crippen LogP contribution in [-0.2, 0) is 6.42 Å². The summed E-state index contributed by atoms with van der Waals surface area (Å²) in [6, 6.07) is 20.1. The zero-order valence-corrected chi connectivity index (χ0v) is 14.1. The number of rotatable bonds is 5. The third-order valence-electron chi connectivity index (χ3n) is 4.27. The van der Waals surface area contributed by atoms with Crippen molar-refractivity contribution in [3.63, 3.8) is 0 Å². The highest BCUT2D eigenvalue weighted by Gasteiger charge is 2.08. The van der Waals surface area contributed by atoms with E-state index in [1.807, 2.05) is 71.7 Å². The lowest BCUT2D eigenvalue weighted by Gasteiger charge is -2.10. The lowest BCUT2D eigenvalue weighted by atomic mass is 10.1. The van der Waals surface area contributed by atoms with Gasteiger partial charge in [-0.05, 0) is 30.2 Å². The van der Waals surface area contributed by atoms with E-state index in [1.165, 1.54) is 0 Å². The third kappa shape index (κ3) is 3.13. The molecule has 2 aromatic carbocycles. The first-order valence-corrected chi connectivity index (χ1v) is 8.46. The number of para-hydroxylation sites is 2. The molecule has 5 nitrogen and oxygen atoms in total. The molecule has 0 fully saturated rings. The van der Waals surface area contributed by atoms with Crippen LogP contribution >= 0.6 is 0 Å². The second-order valence-electron chi connectivity index (χ2n) is 5.98. The van der Waals surface area contributed by atoms with Crippen molar-refractivity contribution in [3.05, 3.63) is 84.3 Å². The molecular formula is C21H17N5. The number of fused-ring (bicyclic) bond motifs is 1. The molecule has 0 bridgehead atoms. The molecule has 0 saturated heterocycles. The van der Waals surface area contributed by atoms with Crippen molar-refractivity contribution in [2.75, 3.05) is 11.9 Å². The Balaban J connectivity index is 1.50. The molecule has 0 spiro atoms. The molecule has 0 atom stereocenters. The van der Waals surface area contributed by atoms with Crippen LogP contribution in [0.15, 0.2) is 73.2 Å². The minimum atomic E-state index is 0.559. The number of nitriles is 1. The van der Waals surface area contributed by atoms with Crippen LogP contribution in [0.5, 0.6) is 0 Å². The first-order valence-electron chi connectivity index (χ1n) is 8.46. The highest BCUT2D eigenvalue weighted by atomic mass is 15.3. The van der Waals surface area contributed by atoms with Gasteiger partial charge in [0.05, 0.1) is 28.7 Å². The van der Waals surface area contributed by atoms with Crippen LogP contribution in [0.4, 0.5) is 5.69 Å². The quantitative estimate of drug-likeness (QED) is 0.598. The largest absolute Gasteiger partial charge is 0.383 e. The van der Waals surface area contributed by atoms with Crippen LogP contribution in [0.1, 0.15) is 11.1 Å². The molecule has 26 heavy (non-hydrogen) atoms. The number of nitrogens with zero attached hydrogens (tertiary/aromatic N) is 4. The normalized spacial score (nSPS) is 10.6. The molecule has 0 aliphatic heterocycles. The SMILES string of the molecule is N#Cc1cnc2ccccc2c1NCCc1cnn(-c2ccccc2)c1. The number of aromatic nitrogens is 3. The maximum Gasteiger partial charge on any atom is 0.103 e. The fourth-order valence-corrected chi connectivity index (χ4v) is 2.96. The Bertz CT molecular complexity index is 1080. The molecule has 2 heterocycles. The van der Waals surface area contributed by atoms with Crippen molar-refractivity contribution >= 4 is 16.6 Å². The van der Waals surface area contributed by atoms with E-state index < -0.39 is 0 Å². The molecule has 1 N–H and O–H groups in total. The van der Waals surface area contributed by atoms with Crippen molar-refractivity contribution < 1.29 is 0 Å². The van der Waals surface area contributed by atoms with E-state index in [-0.39, 0.29) is 0 Å². The van der Waals surface area contributed by atoms with Crippen molar-refractivity contribution in [3.8, 4) is 11.8 Å². The van der Waals surface area contributed by atoms with Gasteiger partial charge >= 0.3 is 0 Å². The van der Waals surface area contributed by atoms with Crippen molar-refractivity contribution in [2.45, 2.75) is 6.42 Å². The van der Waals surface area contributed by atoms with Gasteiger partial charge in [0.25, 0.3) is 0 Å². The van der Waals surface area contributed by atoms with Gasteiger partial charge in [0.15, 0.2) is 0 Å². The summed E-state index contributed by atoms with van der Waals surface area (Å²) < 4.78 is 1.87. The summed E-state index contributed by atoms with van der Waals surface area (Å²) >= 11 is 0. The van der Waals surface area contributed by atoms with Gasteiger partial charge in [-0.15, -0.1) is 0 Å². The second-order valence-corrected chi connectivity index (χ2v) is 5.98. The summed E-state index contributed by atoms with van der Waals surface area (Å²) in [7, 11) is 0. The van der Waals surface area contributed by atoms with E-state index in [0.717, 1.165) is 34.3 Å². The summed E-state index contributed by atoms with van der Waals surface area (Å²) in [4.78, 5) is 4.34. The summed E-state index contributed by atoms with van der Waals surface area (Å²) in [5.41, 5.74) is 4.46. The molecule has 2 aromatic heterocycles.